The number of aryl methyl sites for hydroxylation is 2. The van der Waals surface area contributed by atoms with Gasteiger partial charge in [-0.1, -0.05) is 17.7 Å². The van der Waals surface area contributed by atoms with Crippen LogP contribution in [0.15, 0.2) is 53.8 Å². The number of nitrogens with one attached hydrogen (secondary N) is 2. The Morgan fingerprint density at radius 2 is 1.81 bits per heavy atom. The molecule has 250 valence electrons. The Hall–Kier alpha value is -4.89. The van der Waals surface area contributed by atoms with Crippen LogP contribution in [0.25, 0.3) is 22.2 Å². The topological polar surface area (TPSA) is 170 Å². The van der Waals surface area contributed by atoms with E-state index < -0.39 is 22.0 Å². The Morgan fingerprint density at radius 1 is 1.06 bits per heavy atom. The van der Waals surface area contributed by atoms with E-state index in [0.717, 1.165) is 47.2 Å². The zero-order valence-electron chi connectivity index (χ0n) is 27.1. The van der Waals surface area contributed by atoms with Gasteiger partial charge in [-0.05, 0) is 57.4 Å². The minimum atomic E-state index is -3.84. The third-order valence-electron chi connectivity index (χ3n) is 8.32. The highest BCUT2D eigenvalue weighted by Gasteiger charge is 2.26. The second-order valence-corrected chi connectivity index (χ2v) is 14.2. The predicted octanol–water partition coefficient (Wildman–Crippen LogP) is 3.96. The molecule has 1 saturated heterocycles. The number of hydrogen-bond acceptors (Lipinski definition) is 11. The lowest BCUT2D eigenvalue weighted by atomic mass is 10.0. The van der Waals surface area contributed by atoms with E-state index in [4.69, 9.17) is 16.6 Å². The number of nitrogens with zero attached hydrogens (tertiary/aromatic N) is 8. The first-order valence-electron chi connectivity index (χ1n) is 15.3. The Morgan fingerprint density at radius 3 is 2.50 bits per heavy atom. The van der Waals surface area contributed by atoms with Gasteiger partial charge in [0.25, 0.3) is 11.5 Å². The fourth-order valence-electron chi connectivity index (χ4n) is 5.95. The van der Waals surface area contributed by atoms with Crippen LogP contribution in [0.4, 0.5) is 11.6 Å². The molecular weight excluding hydrogens is 656 g/mol. The van der Waals surface area contributed by atoms with Crippen LogP contribution in [0.3, 0.4) is 0 Å². The molecule has 0 aliphatic carbocycles. The highest BCUT2D eigenvalue weighted by molar-refractivity contribution is 7.89. The average Bonchev–Trinajstić information content (AvgIpc) is 3.53. The Kier molecular flexibility index (Phi) is 8.92. The van der Waals surface area contributed by atoms with Crippen molar-refractivity contribution in [1.82, 2.24) is 39.0 Å². The van der Waals surface area contributed by atoms with E-state index in [1.807, 2.05) is 48.5 Å². The molecule has 5 heterocycles. The first-order valence-corrected chi connectivity index (χ1v) is 17.6. The lowest BCUT2D eigenvalue weighted by molar-refractivity contribution is 0.0977. The van der Waals surface area contributed by atoms with Crippen LogP contribution in [0, 0.1) is 13.8 Å². The molecule has 0 unspecified atom stereocenters. The third-order valence-corrected chi connectivity index (χ3v) is 9.09. The summed E-state index contributed by atoms with van der Waals surface area (Å²) in [5.41, 5.74) is 4.57. The number of pyridine rings is 1. The van der Waals surface area contributed by atoms with E-state index in [1.165, 1.54) is 6.07 Å². The average molecular weight is 691 g/mol. The number of anilines is 2. The number of fused-ring (bicyclic) bond motifs is 1. The Bertz CT molecular complexity index is 2190. The van der Waals surface area contributed by atoms with Gasteiger partial charge >= 0.3 is 0 Å². The zero-order valence-corrected chi connectivity index (χ0v) is 28.7. The van der Waals surface area contributed by atoms with E-state index in [1.54, 1.807) is 36.3 Å². The molecule has 0 spiro atoms. The zero-order chi connectivity index (χ0) is 34.3. The molecule has 0 radical (unpaired) electrons. The van der Waals surface area contributed by atoms with Crippen LogP contribution in [-0.4, -0.2) is 68.0 Å². The normalized spacial score (nSPS) is 14.7. The van der Waals surface area contributed by atoms with Gasteiger partial charge in [-0.2, -0.15) is 5.10 Å². The highest BCUT2D eigenvalue weighted by Crippen LogP contribution is 2.31. The fraction of sp³-hybridized carbons (Fsp3) is 0.344. The first kappa shape index (κ1) is 33.0. The minimum absolute atomic E-state index is 0.0278. The van der Waals surface area contributed by atoms with Crippen molar-refractivity contribution in [2.24, 2.45) is 7.05 Å². The van der Waals surface area contributed by atoms with E-state index in [0.29, 0.717) is 29.9 Å². The number of aromatic nitrogens is 7. The van der Waals surface area contributed by atoms with Gasteiger partial charge < -0.3 is 10.2 Å². The van der Waals surface area contributed by atoms with E-state index >= 15 is 0 Å². The highest BCUT2D eigenvalue weighted by atomic mass is 35.5. The maximum atomic E-state index is 13.8. The van der Waals surface area contributed by atoms with Gasteiger partial charge in [-0.3, -0.25) is 28.8 Å². The quantitative estimate of drug-likeness (QED) is 0.226. The molecule has 14 nitrogen and oxygen atoms in total. The number of hydrogen-bond donors (Lipinski definition) is 2. The maximum Gasteiger partial charge on any atom is 0.285 e. The van der Waals surface area contributed by atoms with Crippen LogP contribution >= 0.6 is 11.6 Å². The molecule has 2 N–H and O–H groups in total. The number of carbonyl (C=O) groups is 1. The number of amides is 1. The first-order chi connectivity index (χ1) is 22.8. The van der Waals surface area contributed by atoms with Gasteiger partial charge in [-0.25, -0.2) is 23.1 Å². The lowest BCUT2D eigenvalue weighted by Crippen LogP contribution is -2.39. The lowest BCUT2D eigenvalue weighted by Gasteiger charge is -2.33. The van der Waals surface area contributed by atoms with Crippen molar-refractivity contribution in [2.75, 3.05) is 29.6 Å². The van der Waals surface area contributed by atoms with Crippen molar-refractivity contribution in [3.63, 3.8) is 0 Å². The van der Waals surface area contributed by atoms with Crippen molar-refractivity contribution in [3.05, 3.63) is 87.1 Å². The van der Waals surface area contributed by atoms with Crippen molar-refractivity contribution in [2.45, 2.75) is 45.7 Å². The van der Waals surface area contributed by atoms with Crippen molar-refractivity contribution in [1.29, 1.82) is 0 Å². The van der Waals surface area contributed by atoms with Gasteiger partial charge in [-0.15, -0.1) is 0 Å². The van der Waals surface area contributed by atoms with E-state index in [9.17, 15) is 18.0 Å². The van der Waals surface area contributed by atoms with E-state index in [2.05, 4.69) is 30.3 Å². The largest absolute Gasteiger partial charge is 0.377 e. The summed E-state index contributed by atoms with van der Waals surface area (Å²) in [6.45, 7) is 7.00. The summed E-state index contributed by atoms with van der Waals surface area (Å²) in [5, 5.41) is 8.36. The molecule has 0 saturated carbocycles. The molecule has 16 heteroatoms. The molecule has 1 aliphatic rings. The van der Waals surface area contributed by atoms with E-state index in [-0.39, 0.29) is 28.1 Å². The predicted molar refractivity (Wildman–Crippen MR) is 184 cm³/mol. The second kappa shape index (κ2) is 13.0. The molecule has 1 fully saturated rings. The number of rotatable bonds is 8. The maximum absolute atomic E-state index is 13.8. The third kappa shape index (κ3) is 6.87. The molecule has 48 heavy (non-hydrogen) atoms. The molecule has 1 amide bonds. The smallest absolute Gasteiger partial charge is 0.285 e. The van der Waals surface area contributed by atoms with Crippen LogP contribution in [-0.2, 0) is 17.1 Å². The Labute approximate surface area is 282 Å². The summed E-state index contributed by atoms with van der Waals surface area (Å²) in [6, 6.07) is 6.52. The molecular formula is C32H35ClN10O4S. The van der Waals surface area contributed by atoms with Gasteiger partial charge in [0, 0.05) is 43.7 Å². The van der Waals surface area contributed by atoms with Gasteiger partial charge in [0.15, 0.2) is 5.69 Å². The van der Waals surface area contributed by atoms with Crippen molar-refractivity contribution >= 4 is 50.1 Å². The SMILES string of the molecule is Cc1cc([C@@H](C)Nc2ccc(Cl)nc2C(=O)NS(C)(=O)=O)c2nc(N3CCC(n4cc(-c5cnc(C)cn5)cn4)CC3)n(C)c(=O)c2c1. The summed E-state index contributed by atoms with van der Waals surface area (Å²) in [4.78, 5) is 46.6. The van der Waals surface area contributed by atoms with Gasteiger partial charge in [0.2, 0.25) is 16.0 Å². The number of benzene rings is 1. The monoisotopic (exact) mass is 690 g/mol. The van der Waals surface area contributed by atoms with Crippen LogP contribution < -0.4 is 20.5 Å². The summed E-state index contributed by atoms with van der Waals surface area (Å²) in [7, 11) is -2.11. The molecule has 1 atom stereocenters. The van der Waals surface area contributed by atoms with Gasteiger partial charge in [0.1, 0.15) is 5.15 Å². The molecule has 4 aromatic heterocycles. The standard InChI is InChI=1S/C32H35ClN10O4S/c1-18-12-23(20(3)37-25-6-7-27(33)38-29(25)30(44)40-48(5,46)47)28-24(13-18)31(45)41(4)32(39-28)42-10-8-22(9-11-42)43-17-21(15-36-43)26-16-34-19(2)14-35-26/h6-7,12-17,20,22,37H,8-11H2,1-5H3,(H,40,44)/t20-/m1/s1. The van der Waals surface area contributed by atoms with Crippen LogP contribution in [0.2, 0.25) is 5.15 Å². The number of halogens is 1. The molecule has 6 rings (SSSR count). The van der Waals surface area contributed by atoms with Crippen molar-refractivity contribution < 1.29 is 13.2 Å². The molecule has 0 bridgehead atoms. The number of sulfonamides is 1. The van der Waals surface area contributed by atoms with Crippen molar-refractivity contribution in [3.8, 4) is 11.3 Å². The Balaban J connectivity index is 1.27. The number of piperidine rings is 1. The van der Waals surface area contributed by atoms with Crippen LogP contribution in [0.5, 0.6) is 0 Å². The molecule has 1 aromatic carbocycles. The fourth-order valence-corrected chi connectivity index (χ4v) is 6.53. The summed E-state index contributed by atoms with van der Waals surface area (Å²) in [6.07, 6.45) is 9.77. The summed E-state index contributed by atoms with van der Waals surface area (Å²) < 4.78 is 29.0. The number of carbonyl (C=O) groups excluding carboxylic acids is 1. The van der Waals surface area contributed by atoms with Gasteiger partial charge in [0.05, 0.1) is 58.7 Å². The van der Waals surface area contributed by atoms with Crippen LogP contribution in [0.1, 0.15) is 59.2 Å². The minimum Gasteiger partial charge on any atom is -0.377 e. The summed E-state index contributed by atoms with van der Waals surface area (Å²) in [5.74, 6) is -0.364. The molecule has 5 aromatic rings. The molecule has 1 aliphatic heterocycles. The second-order valence-electron chi connectivity index (χ2n) is 12.1. The summed E-state index contributed by atoms with van der Waals surface area (Å²) >= 11 is 6.05.